The molecule has 0 saturated heterocycles. The Kier molecular flexibility index (Phi) is 8.32. The predicted molar refractivity (Wildman–Crippen MR) is 198 cm³/mol. The molecule has 2 aliphatic rings. The van der Waals surface area contributed by atoms with E-state index in [4.69, 9.17) is 15.0 Å². The number of hydrogen-bond acceptors (Lipinski definition) is 4. The first kappa shape index (κ1) is 31.8. The molecule has 0 N–H and O–H groups in total. The minimum absolute atomic E-state index is 0.248. The van der Waals surface area contributed by atoms with Crippen molar-refractivity contribution in [2.75, 3.05) is 0 Å². The van der Waals surface area contributed by atoms with E-state index in [9.17, 15) is 9.65 Å². The van der Waals surface area contributed by atoms with Crippen molar-refractivity contribution < 1.29 is 4.39 Å². The van der Waals surface area contributed by atoms with Gasteiger partial charge < -0.3 is 0 Å². The summed E-state index contributed by atoms with van der Waals surface area (Å²) >= 11 is 0. The lowest BCUT2D eigenvalue weighted by molar-refractivity contribution is 0.0780. The quantitative estimate of drug-likeness (QED) is 0.179. The van der Waals surface area contributed by atoms with E-state index in [2.05, 4.69) is 50.2 Å². The van der Waals surface area contributed by atoms with E-state index >= 15 is 0 Å². The Morgan fingerprint density at radius 2 is 1.04 bits per heavy atom. The average molecular weight is 655 g/mol. The standard InChI is InChI=1S/C45H39FN4/c1-29-20-32-21-30(2)26-45(25-29,27-32)40-16-12-34(13-17-40)42-48-43(38-10-4-8-36(23-38)33-14-18-41(46)19-15-33)50-44(49-42)39-11-5-9-37(24-39)35-7-3-6-31(22-35)28-47/h3-19,22-24,29-30,32H,20-21,25-27H2,1-2H3/t29-,30+,32-,45?. The topological polar surface area (TPSA) is 62.5 Å². The summed E-state index contributed by atoms with van der Waals surface area (Å²) in [5.74, 6) is 3.81. The van der Waals surface area contributed by atoms with Crippen molar-refractivity contribution in [1.82, 2.24) is 15.0 Å². The first-order chi connectivity index (χ1) is 24.3. The summed E-state index contributed by atoms with van der Waals surface area (Å²) in [6, 6.07) is 41.6. The minimum Gasteiger partial charge on any atom is -0.208 e. The van der Waals surface area contributed by atoms with Crippen molar-refractivity contribution in [3.63, 3.8) is 0 Å². The van der Waals surface area contributed by atoms with Crippen molar-refractivity contribution in [2.45, 2.75) is 51.4 Å². The molecule has 2 bridgehead atoms. The summed E-state index contributed by atoms with van der Waals surface area (Å²) < 4.78 is 13.7. The van der Waals surface area contributed by atoms with E-state index in [0.717, 1.165) is 56.7 Å². The van der Waals surface area contributed by atoms with Crippen molar-refractivity contribution in [3.05, 3.63) is 138 Å². The maximum absolute atomic E-state index is 13.7. The summed E-state index contributed by atoms with van der Waals surface area (Å²) in [7, 11) is 0. The predicted octanol–water partition coefficient (Wildman–Crippen LogP) is 11.3. The van der Waals surface area contributed by atoms with Crippen molar-refractivity contribution >= 4 is 0 Å². The van der Waals surface area contributed by atoms with Crippen LogP contribution >= 0.6 is 0 Å². The highest BCUT2D eigenvalue weighted by molar-refractivity contribution is 5.75. The van der Waals surface area contributed by atoms with Crippen LogP contribution in [0.25, 0.3) is 56.4 Å². The van der Waals surface area contributed by atoms with Crippen LogP contribution in [0.15, 0.2) is 121 Å². The molecule has 4 atom stereocenters. The number of rotatable bonds is 6. The van der Waals surface area contributed by atoms with Crippen LogP contribution < -0.4 is 0 Å². The van der Waals surface area contributed by atoms with Crippen LogP contribution in [0.1, 0.15) is 57.1 Å². The molecule has 50 heavy (non-hydrogen) atoms. The smallest absolute Gasteiger partial charge is 0.164 e. The Morgan fingerprint density at radius 1 is 0.560 bits per heavy atom. The van der Waals surface area contributed by atoms with Gasteiger partial charge in [0, 0.05) is 16.7 Å². The maximum Gasteiger partial charge on any atom is 0.164 e. The van der Waals surface area contributed by atoms with Gasteiger partial charge in [0.2, 0.25) is 0 Å². The molecule has 6 aromatic rings. The van der Waals surface area contributed by atoms with Gasteiger partial charge in [-0.3, -0.25) is 0 Å². The van der Waals surface area contributed by atoms with Gasteiger partial charge in [-0.15, -0.1) is 0 Å². The van der Waals surface area contributed by atoms with Crippen molar-refractivity contribution in [1.29, 1.82) is 5.26 Å². The molecule has 2 fully saturated rings. The highest BCUT2D eigenvalue weighted by Gasteiger charge is 2.45. The van der Waals surface area contributed by atoms with E-state index in [-0.39, 0.29) is 11.2 Å². The second-order valence-electron chi connectivity index (χ2n) is 14.7. The van der Waals surface area contributed by atoms with E-state index in [1.54, 1.807) is 12.1 Å². The number of fused-ring (bicyclic) bond motifs is 2. The molecule has 0 aliphatic heterocycles. The Morgan fingerprint density at radius 3 is 1.62 bits per heavy atom. The van der Waals surface area contributed by atoms with E-state index in [1.807, 2.05) is 66.7 Å². The highest BCUT2D eigenvalue weighted by Crippen LogP contribution is 2.54. The van der Waals surface area contributed by atoms with Gasteiger partial charge in [-0.05, 0) is 119 Å². The van der Waals surface area contributed by atoms with Crippen LogP contribution in [0.4, 0.5) is 4.39 Å². The molecule has 0 radical (unpaired) electrons. The Hall–Kier alpha value is -5.47. The third-order valence-electron chi connectivity index (χ3n) is 10.8. The lowest BCUT2D eigenvalue weighted by Crippen LogP contribution is -2.42. The fourth-order valence-electron chi connectivity index (χ4n) is 8.88. The molecular formula is C45H39FN4. The number of benzene rings is 5. The molecule has 1 unspecified atom stereocenters. The number of nitriles is 1. The van der Waals surface area contributed by atoms with E-state index in [1.165, 1.54) is 49.8 Å². The molecular weight excluding hydrogens is 616 g/mol. The summed E-state index contributed by atoms with van der Waals surface area (Å²) in [6.45, 7) is 4.86. The number of hydrogen-bond donors (Lipinski definition) is 0. The van der Waals surface area contributed by atoms with Gasteiger partial charge in [0.1, 0.15) is 5.82 Å². The van der Waals surface area contributed by atoms with Crippen molar-refractivity contribution in [3.8, 4) is 62.5 Å². The van der Waals surface area contributed by atoms with Crippen LogP contribution in [0.2, 0.25) is 0 Å². The second kappa shape index (κ2) is 13.1. The van der Waals surface area contributed by atoms with Gasteiger partial charge in [-0.25, -0.2) is 19.3 Å². The number of halogens is 1. The molecule has 1 heterocycles. The summed E-state index contributed by atoms with van der Waals surface area (Å²) in [5.41, 5.74) is 8.77. The molecule has 8 rings (SSSR count). The molecule has 2 aliphatic carbocycles. The summed E-state index contributed by atoms with van der Waals surface area (Å²) in [5, 5.41) is 9.49. The van der Waals surface area contributed by atoms with Gasteiger partial charge in [0.05, 0.1) is 11.6 Å². The van der Waals surface area contributed by atoms with Gasteiger partial charge in [-0.1, -0.05) is 98.8 Å². The van der Waals surface area contributed by atoms with Gasteiger partial charge in [0.15, 0.2) is 17.5 Å². The molecule has 0 spiro atoms. The molecule has 1 aromatic heterocycles. The average Bonchev–Trinajstić information content (AvgIpc) is 3.14. The molecule has 2 saturated carbocycles. The van der Waals surface area contributed by atoms with Crippen LogP contribution in [0.3, 0.4) is 0 Å². The lowest BCUT2D eigenvalue weighted by Gasteiger charge is -2.50. The van der Waals surface area contributed by atoms with E-state index < -0.39 is 0 Å². The molecule has 0 amide bonds. The third-order valence-corrected chi connectivity index (χ3v) is 10.8. The first-order valence-electron chi connectivity index (χ1n) is 17.7. The van der Waals surface area contributed by atoms with Crippen molar-refractivity contribution in [2.24, 2.45) is 17.8 Å². The number of nitrogens with zero attached hydrogens (tertiary/aromatic N) is 4. The van der Waals surface area contributed by atoms with Crippen LogP contribution in [0.5, 0.6) is 0 Å². The Balaban J connectivity index is 1.22. The summed E-state index contributed by atoms with van der Waals surface area (Å²) in [4.78, 5) is 15.2. The molecule has 5 heteroatoms. The maximum atomic E-state index is 13.7. The zero-order chi connectivity index (χ0) is 34.2. The highest BCUT2D eigenvalue weighted by atomic mass is 19.1. The SMILES string of the molecule is C[C@@H]1C[C@@H]2C[C@H](C)CC(c3ccc(-c4nc(-c5cccc(-c6ccc(F)cc6)c5)nc(-c5cccc(-c6cccc(C#N)c6)c5)n4)cc3)(C1)C2. The fourth-order valence-corrected chi connectivity index (χ4v) is 8.88. The lowest BCUT2D eigenvalue weighted by atomic mass is 9.54. The third kappa shape index (κ3) is 6.34. The zero-order valence-electron chi connectivity index (χ0n) is 28.5. The van der Waals surface area contributed by atoms with Gasteiger partial charge in [-0.2, -0.15) is 5.26 Å². The Bertz CT molecular complexity index is 2200. The zero-order valence-corrected chi connectivity index (χ0v) is 28.5. The van der Waals surface area contributed by atoms with Crippen LogP contribution in [0, 0.1) is 34.9 Å². The minimum atomic E-state index is -0.264. The van der Waals surface area contributed by atoms with Gasteiger partial charge in [0.25, 0.3) is 0 Å². The largest absolute Gasteiger partial charge is 0.208 e. The molecule has 4 nitrogen and oxygen atoms in total. The Labute approximate surface area is 293 Å². The molecule has 5 aromatic carbocycles. The van der Waals surface area contributed by atoms with Crippen LogP contribution in [-0.2, 0) is 5.41 Å². The van der Waals surface area contributed by atoms with E-state index in [0.29, 0.717) is 23.0 Å². The normalized spacial score (nSPS) is 21.4. The van der Waals surface area contributed by atoms with Crippen LogP contribution in [-0.4, -0.2) is 15.0 Å². The second-order valence-corrected chi connectivity index (χ2v) is 14.7. The molecule has 246 valence electrons. The van der Waals surface area contributed by atoms with Gasteiger partial charge >= 0.3 is 0 Å². The monoisotopic (exact) mass is 654 g/mol. The first-order valence-corrected chi connectivity index (χ1v) is 17.7. The fraction of sp³-hybridized carbons (Fsp3) is 0.244. The summed E-state index contributed by atoms with van der Waals surface area (Å²) in [6.07, 6.45) is 6.51. The number of aromatic nitrogens is 3.